The van der Waals surface area contributed by atoms with E-state index in [9.17, 15) is 14.4 Å². The minimum absolute atomic E-state index is 0.0182. The molecular formula is C20H22N4O3S. The van der Waals surface area contributed by atoms with E-state index in [1.54, 1.807) is 12.3 Å². The number of aromatic amines is 1. The summed E-state index contributed by atoms with van der Waals surface area (Å²) in [6, 6.07) is 8.14. The second kappa shape index (κ2) is 8.35. The van der Waals surface area contributed by atoms with Crippen molar-refractivity contribution in [3.63, 3.8) is 0 Å². The number of rotatable bonds is 6. The normalized spacial score (nSPS) is 11.0. The van der Waals surface area contributed by atoms with Gasteiger partial charge in [0, 0.05) is 23.7 Å². The van der Waals surface area contributed by atoms with Crippen LogP contribution in [0.5, 0.6) is 0 Å². The highest BCUT2D eigenvalue weighted by Gasteiger charge is 2.13. The van der Waals surface area contributed by atoms with Crippen molar-refractivity contribution in [3.05, 3.63) is 73.5 Å². The van der Waals surface area contributed by atoms with E-state index in [4.69, 9.17) is 0 Å². The van der Waals surface area contributed by atoms with Crippen molar-refractivity contribution in [1.29, 1.82) is 0 Å². The predicted molar refractivity (Wildman–Crippen MR) is 110 cm³/mol. The number of aryl methyl sites for hydroxylation is 1. The molecule has 146 valence electrons. The molecule has 28 heavy (non-hydrogen) atoms. The number of nitrogens with zero attached hydrogens (tertiary/aromatic N) is 2. The van der Waals surface area contributed by atoms with Crippen LogP contribution in [0.4, 0.5) is 0 Å². The number of carbonyl (C=O) groups is 1. The highest BCUT2D eigenvalue weighted by Crippen LogP contribution is 2.25. The molecule has 8 heteroatoms. The molecule has 0 unspecified atom stereocenters. The summed E-state index contributed by atoms with van der Waals surface area (Å²) in [5.74, 6) is 0.0897. The molecule has 0 radical (unpaired) electrons. The monoisotopic (exact) mass is 398 g/mol. The van der Waals surface area contributed by atoms with Crippen molar-refractivity contribution in [3.8, 4) is 10.6 Å². The second-order valence-corrected chi connectivity index (χ2v) is 7.56. The molecule has 1 amide bonds. The van der Waals surface area contributed by atoms with Crippen molar-refractivity contribution in [1.82, 2.24) is 19.9 Å². The first kappa shape index (κ1) is 19.8. The summed E-state index contributed by atoms with van der Waals surface area (Å²) < 4.78 is 1.38. The van der Waals surface area contributed by atoms with Gasteiger partial charge < -0.3 is 9.88 Å². The van der Waals surface area contributed by atoms with Gasteiger partial charge in [-0.1, -0.05) is 38.1 Å². The molecule has 0 aliphatic carbocycles. The van der Waals surface area contributed by atoms with Gasteiger partial charge in [-0.25, -0.2) is 9.78 Å². The van der Waals surface area contributed by atoms with E-state index >= 15 is 0 Å². The molecule has 2 aromatic heterocycles. The maximum atomic E-state index is 12.4. The first-order valence-electron chi connectivity index (χ1n) is 9.05. The molecule has 0 saturated carbocycles. The SMILES string of the molecule is CCn1cc(CNC(=O)c2csc(-c3ccc(C(C)C)cc3)n2)c(=O)[nH]c1=O. The number of carbonyl (C=O) groups excluding carboxylic acids is 1. The average molecular weight is 398 g/mol. The highest BCUT2D eigenvalue weighted by atomic mass is 32.1. The number of benzene rings is 1. The summed E-state index contributed by atoms with van der Waals surface area (Å²) in [7, 11) is 0. The fourth-order valence-corrected chi connectivity index (χ4v) is 3.51. The molecule has 2 N–H and O–H groups in total. The van der Waals surface area contributed by atoms with Crippen LogP contribution in [-0.2, 0) is 13.1 Å². The Hall–Kier alpha value is -3.00. The maximum absolute atomic E-state index is 12.4. The first-order chi connectivity index (χ1) is 13.4. The number of aromatic nitrogens is 3. The molecule has 0 spiro atoms. The number of H-pyrrole nitrogens is 1. The summed E-state index contributed by atoms with van der Waals surface area (Å²) >= 11 is 1.39. The molecule has 0 bridgehead atoms. The molecule has 3 rings (SSSR count). The molecular weight excluding hydrogens is 376 g/mol. The van der Waals surface area contributed by atoms with E-state index in [-0.39, 0.29) is 12.5 Å². The predicted octanol–water partition coefficient (Wildman–Crippen LogP) is 2.73. The lowest BCUT2D eigenvalue weighted by molar-refractivity contribution is 0.0946. The summed E-state index contributed by atoms with van der Waals surface area (Å²) in [5.41, 5.74) is 1.86. The van der Waals surface area contributed by atoms with Crippen LogP contribution in [0.1, 0.15) is 48.3 Å². The van der Waals surface area contributed by atoms with Gasteiger partial charge in [0.05, 0.1) is 12.1 Å². The molecule has 0 aliphatic heterocycles. The van der Waals surface area contributed by atoms with Gasteiger partial charge in [-0.3, -0.25) is 14.6 Å². The quantitative estimate of drug-likeness (QED) is 0.667. The van der Waals surface area contributed by atoms with Crippen LogP contribution >= 0.6 is 11.3 Å². The summed E-state index contributed by atoms with van der Waals surface area (Å²) in [6.07, 6.45) is 1.46. The van der Waals surface area contributed by atoms with E-state index in [0.29, 0.717) is 23.7 Å². The van der Waals surface area contributed by atoms with Crippen molar-refractivity contribution >= 4 is 17.2 Å². The Morgan fingerprint density at radius 1 is 1.25 bits per heavy atom. The van der Waals surface area contributed by atoms with Crippen LogP contribution in [0, 0.1) is 0 Å². The highest BCUT2D eigenvalue weighted by molar-refractivity contribution is 7.13. The zero-order valence-corrected chi connectivity index (χ0v) is 16.8. The van der Waals surface area contributed by atoms with Crippen LogP contribution in [0.3, 0.4) is 0 Å². The third-order valence-electron chi connectivity index (χ3n) is 4.43. The Morgan fingerprint density at radius 3 is 2.61 bits per heavy atom. The lowest BCUT2D eigenvalue weighted by atomic mass is 10.0. The molecule has 0 atom stereocenters. The number of thiazole rings is 1. The lowest BCUT2D eigenvalue weighted by Crippen LogP contribution is -2.34. The third-order valence-corrected chi connectivity index (χ3v) is 5.32. The summed E-state index contributed by atoms with van der Waals surface area (Å²) in [5, 5.41) is 5.14. The van der Waals surface area contributed by atoms with Gasteiger partial charge in [0.1, 0.15) is 10.7 Å². The van der Waals surface area contributed by atoms with Gasteiger partial charge in [0.2, 0.25) is 0 Å². The molecule has 0 fully saturated rings. The van der Waals surface area contributed by atoms with Gasteiger partial charge in [-0.05, 0) is 18.4 Å². The van der Waals surface area contributed by atoms with Crippen LogP contribution in [0.25, 0.3) is 10.6 Å². The van der Waals surface area contributed by atoms with Crippen LogP contribution in [0.2, 0.25) is 0 Å². The van der Waals surface area contributed by atoms with Gasteiger partial charge >= 0.3 is 5.69 Å². The maximum Gasteiger partial charge on any atom is 0.328 e. The largest absolute Gasteiger partial charge is 0.346 e. The van der Waals surface area contributed by atoms with Crippen LogP contribution in [-0.4, -0.2) is 20.4 Å². The molecule has 1 aromatic carbocycles. The number of hydrogen-bond acceptors (Lipinski definition) is 5. The molecule has 2 heterocycles. The summed E-state index contributed by atoms with van der Waals surface area (Å²) in [6.45, 7) is 6.52. The fourth-order valence-electron chi connectivity index (χ4n) is 2.70. The zero-order chi connectivity index (χ0) is 20.3. The van der Waals surface area contributed by atoms with Gasteiger partial charge in [0.25, 0.3) is 11.5 Å². The molecule has 7 nitrogen and oxygen atoms in total. The topological polar surface area (TPSA) is 96.8 Å². The number of hydrogen-bond donors (Lipinski definition) is 2. The van der Waals surface area contributed by atoms with Crippen molar-refractivity contribution in [2.24, 2.45) is 0 Å². The summed E-state index contributed by atoms with van der Waals surface area (Å²) in [4.78, 5) is 42.5. The standard InChI is InChI=1S/C20H22N4O3S/c1-4-24-10-15(17(25)23-20(24)27)9-21-18(26)16-11-28-19(22-16)14-7-5-13(6-8-14)12(2)3/h5-8,10-12H,4,9H2,1-3H3,(H,21,26)(H,23,25,27). The Morgan fingerprint density at radius 2 is 1.96 bits per heavy atom. The second-order valence-electron chi connectivity index (χ2n) is 6.70. The van der Waals surface area contributed by atoms with E-state index in [1.165, 1.54) is 27.7 Å². The van der Waals surface area contributed by atoms with E-state index in [1.807, 2.05) is 12.1 Å². The van der Waals surface area contributed by atoms with Gasteiger partial charge in [0.15, 0.2) is 0 Å². The minimum Gasteiger partial charge on any atom is -0.346 e. The van der Waals surface area contributed by atoms with Crippen LogP contribution < -0.4 is 16.6 Å². The Balaban J connectivity index is 1.71. The lowest BCUT2D eigenvalue weighted by Gasteiger charge is -2.06. The minimum atomic E-state index is -0.501. The Kier molecular flexibility index (Phi) is 5.89. The van der Waals surface area contributed by atoms with Crippen molar-refractivity contribution < 1.29 is 4.79 Å². The van der Waals surface area contributed by atoms with E-state index < -0.39 is 11.2 Å². The Bertz CT molecular complexity index is 1090. The fraction of sp³-hybridized carbons (Fsp3) is 0.300. The number of amides is 1. The smallest absolute Gasteiger partial charge is 0.328 e. The Labute approximate surface area is 166 Å². The molecule has 0 saturated heterocycles. The zero-order valence-electron chi connectivity index (χ0n) is 16.0. The molecule has 3 aromatic rings. The van der Waals surface area contributed by atoms with Crippen molar-refractivity contribution in [2.75, 3.05) is 0 Å². The van der Waals surface area contributed by atoms with Gasteiger partial charge in [-0.15, -0.1) is 11.3 Å². The average Bonchev–Trinajstić information content (AvgIpc) is 3.17. The first-order valence-corrected chi connectivity index (χ1v) is 9.93. The van der Waals surface area contributed by atoms with Crippen molar-refractivity contribution in [2.45, 2.75) is 39.8 Å². The van der Waals surface area contributed by atoms with E-state index in [0.717, 1.165) is 10.6 Å². The number of nitrogens with one attached hydrogen (secondary N) is 2. The molecule has 0 aliphatic rings. The third kappa shape index (κ3) is 4.28. The van der Waals surface area contributed by atoms with E-state index in [2.05, 4.69) is 41.3 Å². The van der Waals surface area contributed by atoms with Crippen LogP contribution in [0.15, 0.2) is 45.4 Å². The van der Waals surface area contributed by atoms with Gasteiger partial charge in [-0.2, -0.15) is 0 Å².